The molecule has 5 nitrogen and oxygen atoms in total. The summed E-state index contributed by atoms with van der Waals surface area (Å²) in [6.45, 7) is 1.32. The zero-order chi connectivity index (χ0) is 18.4. The number of amides is 1. The third kappa shape index (κ3) is 4.68. The number of nitrogens with zero attached hydrogens (tertiary/aromatic N) is 2. The predicted octanol–water partition coefficient (Wildman–Crippen LogP) is 2.01. The van der Waals surface area contributed by atoms with Gasteiger partial charge in [-0.15, -0.1) is 0 Å². The van der Waals surface area contributed by atoms with Crippen molar-refractivity contribution in [2.24, 2.45) is 5.92 Å². The van der Waals surface area contributed by atoms with Crippen LogP contribution < -0.4 is 5.32 Å². The van der Waals surface area contributed by atoms with Gasteiger partial charge in [0.25, 0.3) is 0 Å². The molecule has 1 heterocycles. The van der Waals surface area contributed by atoms with Crippen molar-refractivity contribution in [1.29, 1.82) is 0 Å². The number of rotatable bonds is 7. The van der Waals surface area contributed by atoms with Crippen molar-refractivity contribution in [3.63, 3.8) is 0 Å². The van der Waals surface area contributed by atoms with E-state index < -0.39 is 6.10 Å². The number of nitrogens with one attached hydrogen (secondary N) is 1. The van der Waals surface area contributed by atoms with Crippen LogP contribution >= 0.6 is 0 Å². The molecule has 0 unspecified atom stereocenters. The summed E-state index contributed by atoms with van der Waals surface area (Å²) >= 11 is 0. The molecule has 1 aromatic heterocycles. The van der Waals surface area contributed by atoms with Crippen molar-refractivity contribution < 1.29 is 9.90 Å². The predicted molar refractivity (Wildman–Crippen MR) is 101 cm³/mol. The third-order valence-corrected chi connectivity index (χ3v) is 5.16. The summed E-state index contributed by atoms with van der Waals surface area (Å²) in [6.07, 6.45) is 3.39. The number of carbonyl (C=O) groups excluding carboxylic acids is 1. The number of carbonyl (C=O) groups is 1. The second-order valence-corrected chi connectivity index (χ2v) is 7.00. The fourth-order valence-corrected chi connectivity index (χ4v) is 3.71. The van der Waals surface area contributed by atoms with Crippen LogP contribution in [-0.2, 0) is 17.8 Å². The molecule has 1 aromatic carbocycles. The molecule has 26 heavy (non-hydrogen) atoms. The highest BCUT2D eigenvalue weighted by Gasteiger charge is 2.40. The molecule has 1 amide bonds. The SMILES string of the molecule is CN(Cc1ccccc1)[C@@H]1CC[C@@H](C(=O)NCCc2ccccn2)[C@@H]1O. The molecule has 0 aliphatic heterocycles. The summed E-state index contributed by atoms with van der Waals surface area (Å²) < 4.78 is 0. The third-order valence-electron chi connectivity index (χ3n) is 5.16. The minimum Gasteiger partial charge on any atom is -0.391 e. The van der Waals surface area contributed by atoms with E-state index >= 15 is 0 Å². The van der Waals surface area contributed by atoms with Crippen LogP contribution in [0, 0.1) is 5.92 Å². The van der Waals surface area contributed by atoms with Gasteiger partial charge in [-0.25, -0.2) is 0 Å². The molecule has 1 aliphatic carbocycles. The van der Waals surface area contributed by atoms with Gasteiger partial charge in [0, 0.05) is 37.4 Å². The minimum atomic E-state index is -0.626. The number of aliphatic hydroxyl groups excluding tert-OH is 1. The normalized spacial score (nSPS) is 22.5. The number of benzene rings is 1. The number of pyridine rings is 1. The zero-order valence-corrected chi connectivity index (χ0v) is 15.2. The van der Waals surface area contributed by atoms with Crippen molar-refractivity contribution in [3.05, 3.63) is 66.0 Å². The van der Waals surface area contributed by atoms with E-state index in [0.29, 0.717) is 13.0 Å². The standard InChI is InChI=1S/C21H27N3O2/c1-24(15-16-7-3-2-4-8-16)19-11-10-18(20(19)25)21(26)23-14-12-17-9-5-6-13-22-17/h2-9,13,18-20,25H,10-12,14-15H2,1H3,(H,23,26)/t18-,19-,20+/m1/s1. The largest absolute Gasteiger partial charge is 0.391 e. The molecule has 0 radical (unpaired) electrons. The van der Waals surface area contributed by atoms with E-state index in [9.17, 15) is 9.90 Å². The van der Waals surface area contributed by atoms with Crippen LogP contribution in [0.3, 0.4) is 0 Å². The highest BCUT2D eigenvalue weighted by atomic mass is 16.3. The molecular formula is C21H27N3O2. The maximum Gasteiger partial charge on any atom is 0.225 e. The minimum absolute atomic E-state index is 0.0155. The Morgan fingerprint density at radius 3 is 2.69 bits per heavy atom. The Morgan fingerprint density at radius 2 is 1.96 bits per heavy atom. The Balaban J connectivity index is 1.48. The lowest BCUT2D eigenvalue weighted by molar-refractivity contribution is -0.128. The van der Waals surface area contributed by atoms with E-state index in [-0.39, 0.29) is 17.9 Å². The Hall–Kier alpha value is -2.24. The lowest BCUT2D eigenvalue weighted by atomic mass is 10.0. The first-order chi connectivity index (χ1) is 12.6. The second-order valence-electron chi connectivity index (χ2n) is 7.00. The number of aliphatic hydroxyl groups is 1. The monoisotopic (exact) mass is 353 g/mol. The Kier molecular flexibility index (Phi) is 6.36. The summed E-state index contributed by atoms with van der Waals surface area (Å²) in [5.74, 6) is -0.383. The summed E-state index contributed by atoms with van der Waals surface area (Å²) in [5, 5.41) is 13.6. The van der Waals surface area contributed by atoms with E-state index in [4.69, 9.17) is 0 Å². The smallest absolute Gasteiger partial charge is 0.225 e. The van der Waals surface area contributed by atoms with Gasteiger partial charge in [0.2, 0.25) is 5.91 Å². The number of hydrogen-bond donors (Lipinski definition) is 2. The lowest BCUT2D eigenvalue weighted by Gasteiger charge is -2.28. The van der Waals surface area contributed by atoms with Crippen molar-refractivity contribution in [2.45, 2.75) is 38.0 Å². The molecule has 1 aliphatic rings. The highest BCUT2D eigenvalue weighted by Crippen LogP contribution is 2.30. The number of likely N-dealkylation sites (N-methyl/N-ethyl adjacent to an activating group) is 1. The average Bonchev–Trinajstić information content (AvgIpc) is 3.05. The Morgan fingerprint density at radius 1 is 1.19 bits per heavy atom. The van der Waals surface area contributed by atoms with Gasteiger partial charge in [-0.1, -0.05) is 36.4 Å². The van der Waals surface area contributed by atoms with Gasteiger partial charge >= 0.3 is 0 Å². The first kappa shape index (κ1) is 18.5. The van der Waals surface area contributed by atoms with Gasteiger partial charge < -0.3 is 10.4 Å². The molecule has 2 N–H and O–H groups in total. The van der Waals surface area contributed by atoms with Crippen molar-refractivity contribution in [2.75, 3.05) is 13.6 Å². The Labute approximate surface area is 155 Å². The van der Waals surface area contributed by atoms with Crippen LogP contribution in [0.25, 0.3) is 0 Å². The van der Waals surface area contributed by atoms with Gasteiger partial charge in [0.15, 0.2) is 0 Å². The number of aromatic nitrogens is 1. The molecule has 0 saturated heterocycles. The number of hydrogen-bond acceptors (Lipinski definition) is 4. The van der Waals surface area contributed by atoms with Gasteiger partial charge in [-0.2, -0.15) is 0 Å². The van der Waals surface area contributed by atoms with E-state index in [1.807, 2.05) is 43.4 Å². The van der Waals surface area contributed by atoms with Crippen LogP contribution in [0.5, 0.6) is 0 Å². The van der Waals surface area contributed by atoms with Crippen molar-refractivity contribution in [3.8, 4) is 0 Å². The van der Waals surface area contributed by atoms with Gasteiger partial charge in [-0.05, 0) is 37.6 Å². The molecule has 138 valence electrons. The van der Waals surface area contributed by atoms with E-state index in [0.717, 1.165) is 25.1 Å². The molecule has 3 rings (SSSR count). The topological polar surface area (TPSA) is 65.5 Å². The summed E-state index contributed by atoms with van der Waals surface area (Å²) in [4.78, 5) is 18.9. The molecule has 1 fully saturated rings. The summed E-state index contributed by atoms with van der Waals surface area (Å²) in [5.41, 5.74) is 2.17. The van der Waals surface area contributed by atoms with Gasteiger partial charge in [0.1, 0.15) is 0 Å². The van der Waals surface area contributed by atoms with Gasteiger partial charge in [0.05, 0.1) is 12.0 Å². The zero-order valence-electron chi connectivity index (χ0n) is 15.2. The molecule has 5 heteroatoms. The van der Waals surface area contributed by atoms with Crippen LogP contribution in [0.1, 0.15) is 24.1 Å². The molecule has 3 atom stereocenters. The fourth-order valence-electron chi connectivity index (χ4n) is 3.71. The average molecular weight is 353 g/mol. The van der Waals surface area contributed by atoms with Crippen LogP contribution in [0.4, 0.5) is 0 Å². The maximum absolute atomic E-state index is 12.5. The maximum atomic E-state index is 12.5. The lowest BCUT2D eigenvalue weighted by Crippen LogP contribution is -2.43. The molecular weight excluding hydrogens is 326 g/mol. The molecule has 2 aromatic rings. The van der Waals surface area contributed by atoms with E-state index in [1.165, 1.54) is 5.56 Å². The van der Waals surface area contributed by atoms with Crippen LogP contribution in [-0.4, -0.2) is 46.6 Å². The summed E-state index contributed by atoms with van der Waals surface area (Å²) in [6, 6.07) is 16.0. The first-order valence-electron chi connectivity index (χ1n) is 9.25. The van der Waals surface area contributed by atoms with E-state index in [1.54, 1.807) is 6.20 Å². The van der Waals surface area contributed by atoms with E-state index in [2.05, 4.69) is 27.3 Å². The summed E-state index contributed by atoms with van der Waals surface area (Å²) in [7, 11) is 2.02. The first-order valence-corrected chi connectivity index (χ1v) is 9.25. The van der Waals surface area contributed by atoms with Crippen LogP contribution in [0.15, 0.2) is 54.7 Å². The molecule has 0 spiro atoms. The van der Waals surface area contributed by atoms with Gasteiger partial charge in [-0.3, -0.25) is 14.7 Å². The Bertz CT molecular complexity index is 693. The molecule has 0 bridgehead atoms. The van der Waals surface area contributed by atoms with Crippen molar-refractivity contribution >= 4 is 5.91 Å². The molecule has 1 saturated carbocycles. The fraction of sp³-hybridized carbons (Fsp3) is 0.429. The highest BCUT2D eigenvalue weighted by molar-refractivity contribution is 5.79. The second kappa shape index (κ2) is 8.92. The van der Waals surface area contributed by atoms with Crippen molar-refractivity contribution in [1.82, 2.24) is 15.2 Å². The quantitative estimate of drug-likeness (QED) is 0.799. The van der Waals surface area contributed by atoms with Crippen LogP contribution in [0.2, 0.25) is 0 Å².